The predicted molar refractivity (Wildman–Crippen MR) is 64.7 cm³/mol. The fourth-order valence-electron chi connectivity index (χ4n) is 1.16. The summed E-state index contributed by atoms with van der Waals surface area (Å²) in [7, 11) is 2.16. The lowest BCUT2D eigenvalue weighted by Crippen LogP contribution is -2.31. The van der Waals surface area contributed by atoms with Crippen molar-refractivity contribution >= 4 is 0 Å². The van der Waals surface area contributed by atoms with E-state index in [0.29, 0.717) is 5.41 Å². The molecule has 0 saturated carbocycles. The molecule has 0 saturated heterocycles. The lowest BCUT2D eigenvalue weighted by atomic mass is 9.87. The van der Waals surface area contributed by atoms with E-state index in [-0.39, 0.29) is 0 Å². The van der Waals surface area contributed by atoms with Crippen molar-refractivity contribution in [3.8, 4) is 0 Å². The van der Waals surface area contributed by atoms with E-state index < -0.39 is 0 Å². The number of nitrogens with zero attached hydrogens (tertiary/aromatic N) is 1. The minimum atomic E-state index is 0.504. The summed E-state index contributed by atoms with van der Waals surface area (Å²) in [5, 5.41) is 3.50. The molecule has 0 atom stereocenters. The van der Waals surface area contributed by atoms with E-state index in [1.54, 1.807) is 0 Å². The van der Waals surface area contributed by atoms with Crippen LogP contribution in [0.25, 0.3) is 0 Å². The molecule has 86 valence electrons. The number of rotatable bonds is 8. The van der Waals surface area contributed by atoms with Crippen LogP contribution in [0.1, 0.15) is 40.5 Å². The monoisotopic (exact) mass is 200 g/mol. The zero-order valence-electron chi connectivity index (χ0n) is 10.7. The highest BCUT2D eigenvalue weighted by Gasteiger charge is 2.13. The average Bonchev–Trinajstić information content (AvgIpc) is 2.17. The maximum Gasteiger partial charge on any atom is 0.0104 e. The summed E-state index contributed by atoms with van der Waals surface area (Å²) in [4.78, 5) is 2.33. The molecule has 0 aliphatic carbocycles. The van der Waals surface area contributed by atoms with Crippen LogP contribution in [-0.4, -0.2) is 38.1 Å². The number of hydrogen-bond donors (Lipinski definition) is 1. The average molecular weight is 200 g/mol. The van der Waals surface area contributed by atoms with Gasteiger partial charge in [0.2, 0.25) is 0 Å². The summed E-state index contributed by atoms with van der Waals surface area (Å²) in [6, 6.07) is 0. The fraction of sp³-hybridized carbons (Fsp3) is 1.00. The van der Waals surface area contributed by atoms with Gasteiger partial charge in [0.1, 0.15) is 0 Å². The van der Waals surface area contributed by atoms with E-state index in [4.69, 9.17) is 0 Å². The molecule has 0 spiro atoms. The molecule has 0 radical (unpaired) electrons. The standard InChI is InChI=1S/C12H28N2/c1-6-12(3,4)8-9-13-10-11-14(5)7-2/h13H,6-11H2,1-5H3. The van der Waals surface area contributed by atoms with Crippen molar-refractivity contribution in [3.05, 3.63) is 0 Å². The second-order valence-electron chi connectivity index (χ2n) is 4.91. The van der Waals surface area contributed by atoms with Crippen LogP contribution in [0.5, 0.6) is 0 Å². The van der Waals surface area contributed by atoms with Gasteiger partial charge in [0.15, 0.2) is 0 Å². The molecule has 2 heteroatoms. The fourth-order valence-corrected chi connectivity index (χ4v) is 1.16. The second-order valence-corrected chi connectivity index (χ2v) is 4.91. The highest BCUT2D eigenvalue weighted by molar-refractivity contribution is 4.67. The van der Waals surface area contributed by atoms with Gasteiger partial charge in [0, 0.05) is 13.1 Å². The van der Waals surface area contributed by atoms with Crippen LogP contribution in [0.2, 0.25) is 0 Å². The zero-order chi connectivity index (χ0) is 11.0. The van der Waals surface area contributed by atoms with Gasteiger partial charge in [-0.1, -0.05) is 34.1 Å². The Kier molecular flexibility index (Phi) is 7.20. The van der Waals surface area contributed by atoms with Crippen LogP contribution in [0.3, 0.4) is 0 Å². The maximum atomic E-state index is 3.50. The molecule has 14 heavy (non-hydrogen) atoms. The molecule has 0 aromatic rings. The smallest absolute Gasteiger partial charge is 0.0104 e. The summed E-state index contributed by atoms with van der Waals surface area (Å²) in [6.45, 7) is 13.7. The molecule has 0 aromatic carbocycles. The van der Waals surface area contributed by atoms with Gasteiger partial charge in [-0.2, -0.15) is 0 Å². The van der Waals surface area contributed by atoms with Crippen LogP contribution >= 0.6 is 0 Å². The third kappa shape index (κ3) is 7.34. The minimum Gasteiger partial charge on any atom is -0.315 e. The highest BCUT2D eigenvalue weighted by Crippen LogP contribution is 2.23. The third-order valence-electron chi connectivity index (χ3n) is 3.15. The molecule has 2 nitrogen and oxygen atoms in total. The van der Waals surface area contributed by atoms with Crippen LogP contribution in [-0.2, 0) is 0 Å². The van der Waals surface area contributed by atoms with Crippen molar-refractivity contribution in [1.82, 2.24) is 10.2 Å². The Bertz CT molecular complexity index is 132. The predicted octanol–water partition coefficient (Wildman–Crippen LogP) is 2.35. The molecule has 1 N–H and O–H groups in total. The van der Waals surface area contributed by atoms with Crippen LogP contribution in [0, 0.1) is 5.41 Å². The molecular weight excluding hydrogens is 172 g/mol. The summed E-state index contributed by atoms with van der Waals surface area (Å²) in [5.74, 6) is 0. The van der Waals surface area contributed by atoms with Gasteiger partial charge < -0.3 is 10.2 Å². The molecule has 0 aliphatic heterocycles. The van der Waals surface area contributed by atoms with Gasteiger partial charge in [0.25, 0.3) is 0 Å². The first-order valence-electron chi connectivity index (χ1n) is 5.91. The second kappa shape index (κ2) is 7.24. The SMILES string of the molecule is CCN(C)CCNCCC(C)(C)CC. The Balaban J connectivity index is 3.30. The lowest BCUT2D eigenvalue weighted by Gasteiger charge is -2.23. The molecule has 0 aromatic heterocycles. The van der Waals surface area contributed by atoms with E-state index in [1.807, 2.05) is 0 Å². The van der Waals surface area contributed by atoms with E-state index >= 15 is 0 Å². The summed E-state index contributed by atoms with van der Waals surface area (Å²) in [6.07, 6.45) is 2.54. The Labute approximate surface area is 90.1 Å². The van der Waals surface area contributed by atoms with Crippen molar-refractivity contribution in [3.63, 3.8) is 0 Å². The summed E-state index contributed by atoms with van der Waals surface area (Å²) >= 11 is 0. The van der Waals surface area contributed by atoms with Gasteiger partial charge in [-0.15, -0.1) is 0 Å². The largest absolute Gasteiger partial charge is 0.315 e. The molecule has 0 unspecified atom stereocenters. The molecule has 0 aliphatic rings. The maximum absolute atomic E-state index is 3.50. The van der Waals surface area contributed by atoms with Gasteiger partial charge in [0.05, 0.1) is 0 Å². The summed E-state index contributed by atoms with van der Waals surface area (Å²) in [5.41, 5.74) is 0.504. The number of nitrogens with one attached hydrogen (secondary N) is 1. The molecular formula is C12H28N2. The third-order valence-corrected chi connectivity index (χ3v) is 3.15. The Morgan fingerprint density at radius 1 is 1.14 bits per heavy atom. The van der Waals surface area contributed by atoms with Crippen LogP contribution < -0.4 is 5.32 Å². The van der Waals surface area contributed by atoms with Crippen LogP contribution in [0.4, 0.5) is 0 Å². The number of likely N-dealkylation sites (N-methyl/N-ethyl adjacent to an activating group) is 1. The quantitative estimate of drug-likeness (QED) is 0.605. The van der Waals surface area contributed by atoms with Gasteiger partial charge in [-0.05, 0) is 32.0 Å². The van der Waals surface area contributed by atoms with E-state index in [1.165, 1.54) is 12.8 Å². The van der Waals surface area contributed by atoms with Gasteiger partial charge in [-0.25, -0.2) is 0 Å². The molecule has 0 amide bonds. The first-order valence-corrected chi connectivity index (χ1v) is 5.91. The summed E-state index contributed by atoms with van der Waals surface area (Å²) < 4.78 is 0. The normalized spacial score (nSPS) is 12.4. The lowest BCUT2D eigenvalue weighted by molar-refractivity contribution is 0.305. The van der Waals surface area contributed by atoms with E-state index in [9.17, 15) is 0 Å². The Hall–Kier alpha value is -0.0800. The first kappa shape index (κ1) is 13.9. The zero-order valence-corrected chi connectivity index (χ0v) is 10.7. The molecule has 0 fully saturated rings. The molecule has 0 rings (SSSR count). The molecule has 0 heterocycles. The Morgan fingerprint density at radius 3 is 2.29 bits per heavy atom. The van der Waals surface area contributed by atoms with Gasteiger partial charge >= 0.3 is 0 Å². The molecule has 0 bridgehead atoms. The van der Waals surface area contributed by atoms with E-state index in [0.717, 1.165) is 26.2 Å². The minimum absolute atomic E-state index is 0.504. The first-order chi connectivity index (χ1) is 6.52. The van der Waals surface area contributed by atoms with Crippen molar-refractivity contribution in [2.45, 2.75) is 40.5 Å². The van der Waals surface area contributed by atoms with Crippen molar-refractivity contribution in [2.75, 3.05) is 33.2 Å². The van der Waals surface area contributed by atoms with Crippen LogP contribution in [0.15, 0.2) is 0 Å². The Morgan fingerprint density at radius 2 is 1.79 bits per heavy atom. The highest BCUT2D eigenvalue weighted by atomic mass is 15.1. The van der Waals surface area contributed by atoms with Crippen molar-refractivity contribution < 1.29 is 0 Å². The van der Waals surface area contributed by atoms with Crippen molar-refractivity contribution in [1.29, 1.82) is 0 Å². The van der Waals surface area contributed by atoms with E-state index in [2.05, 4.69) is 45.0 Å². The van der Waals surface area contributed by atoms with Gasteiger partial charge in [-0.3, -0.25) is 0 Å². The number of hydrogen-bond acceptors (Lipinski definition) is 2. The topological polar surface area (TPSA) is 15.3 Å². The van der Waals surface area contributed by atoms with Crippen molar-refractivity contribution in [2.24, 2.45) is 5.41 Å².